The van der Waals surface area contributed by atoms with Crippen LogP contribution < -0.4 is 9.64 Å². The highest BCUT2D eigenvalue weighted by atomic mass is 16.6. The molecule has 1 saturated heterocycles. The zero-order chi connectivity index (χ0) is 34.9. The zero-order valence-corrected chi connectivity index (χ0v) is 27.6. The summed E-state index contributed by atoms with van der Waals surface area (Å²) in [5, 5.41) is 11.7. The monoisotopic (exact) mass is 660 g/mol. The van der Waals surface area contributed by atoms with Crippen LogP contribution in [-0.4, -0.2) is 29.6 Å². The van der Waals surface area contributed by atoms with E-state index in [-0.39, 0.29) is 22.9 Å². The Morgan fingerprint density at radius 2 is 1.08 bits per heavy atom. The molecule has 8 heteroatoms. The molecule has 5 aromatic carbocycles. The third kappa shape index (κ3) is 3.96. The Bertz CT molecular complexity index is 2140. The lowest BCUT2D eigenvalue weighted by atomic mass is 9.59. The number of non-ortho nitro benzene ring substituents is 1. The molecule has 2 bridgehead atoms. The lowest BCUT2D eigenvalue weighted by molar-refractivity contribution is -0.384. The molecule has 2 aliphatic carbocycles. The number of methoxy groups -OCH3 is 1. The first-order valence-corrected chi connectivity index (χ1v) is 16.4. The van der Waals surface area contributed by atoms with Crippen molar-refractivity contribution in [2.45, 2.75) is 24.7 Å². The van der Waals surface area contributed by atoms with Crippen LogP contribution in [0.3, 0.4) is 0 Å². The second-order valence-corrected chi connectivity index (χ2v) is 13.2. The Hall–Kier alpha value is -6.15. The first-order valence-electron chi connectivity index (χ1n) is 16.4. The van der Waals surface area contributed by atoms with Crippen LogP contribution in [0.1, 0.15) is 33.4 Å². The summed E-state index contributed by atoms with van der Waals surface area (Å²) < 4.78 is 5.55. The maximum Gasteiger partial charge on any atom is 0.273 e. The van der Waals surface area contributed by atoms with Gasteiger partial charge in [-0.2, -0.15) is 0 Å². The van der Waals surface area contributed by atoms with Crippen LogP contribution in [0, 0.1) is 35.8 Å². The lowest BCUT2D eigenvalue weighted by Gasteiger charge is -2.39. The molecule has 1 heterocycles. The predicted molar refractivity (Wildman–Crippen MR) is 190 cm³/mol. The van der Waals surface area contributed by atoms with Crippen molar-refractivity contribution in [2.24, 2.45) is 11.8 Å². The van der Waals surface area contributed by atoms with Gasteiger partial charge >= 0.3 is 0 Å². The van der Waals surface area contributed by atoms with E-state index in [2.05, 4.69) is 0 Å². The molecule has 0 aromatic heterocycles. The van der Waals surface area contributed by atoms with Gasteiger partial charge in [-0.15, -0.1) is 0 Å². The van der Waals surface area contributed by atoms with Crippen molar-refractivity contribution in [3.05, 3.63) is 171 Å². The summed E-state index contributed by atoms with van der Waals surface area (Å²) in [4.78, 5) is 58.7. The predicted octanol–water partition coefficient (Wildman–Crippen LogP) is 7.41. The van der Waals surface area contributed by atoms with Gasteiger partial charge in [0.05, 0.1) is 46.5 Å². The van der Waals surface area contributed by atoms with Crippen LogP contribution in [0.15, 0.2) is 127 Å². The number of carbonyl (C=O) groups excluding carboxylic acids is 3. The number of imide groups is 1. The summed E-state index contributed by atoms with van der Waals surface area (Å²) >= 11 is 0. The molecule has 1 saturated carbocycles. The molecule has 0 unspecified atom stereocenters. The number of allylic oxidation sites excluding steroid dienone is 2. The number of hydrogen-bond acceptors (Lipinski definition) is 6. The first-order chi connectivity index (χ1) is 24.2. The van der Waals surface area contributed by atoms with Crippen molar-refractivity contribution in [3.8, 4) is 5.75 Å². The van der Waals surface area contributed by atoms with Crippen LogP contribution in [0.2, 0.25) is 0 Å². The van der Waals surface area contributed by atoms with Crippen LogP contribution in [-0.2, 0) is 25.2 Å². The quantitative estimate of drug-likeness (QED) is 0.102. The lowest BCUT2D eigenvalue weighted by Crippen LogP contribution is -2.45. The highest BCUT2D eigenvalue weighted by molar-refractivity contribution is 6.39. The maximum atomic E-state index is 16.0. The number of carbonyl (C=O) groups is 3. The summed E-state index contributed by atoms with van der Waals surface area (Å²) in [6.07, 6.45) is 0. The van der Waals surface area contributed by atoms with Gasteiger partial charge in [-0.3, -0.25) is 24.5 Å². The Balaban J connectivity index is 1.52. The van der Waals surface area contributed by atoms with Crippen LogP contribution in [0.25, 0.3) is 11.1 Å². The van der Waals surface area contributed by atoms with Crippen LogP contribution >= 0.6 is 0 Å². The third-order valence-electron chi connectivity index (χ3n) is 10.7. The molecule has 4 atom stereocenters. The molecule has 0 N–H and O–H groups in total. The molecule has 2 fully saturated rings. The van der Waals surface area contributed by atoms with Crippen molar-refractivity contribution in [1.82, 2.24) is 0 Å². The second kappa shape index (κ2) is 11.2. The van der Waals surface area contributed by atoms with Gasteiger partial charge in [-0.05, 0) is 53.3 Å². The van der Waals surface area contributed by atoms with Crippen molar-refractivity contribution in [1.29, 1.82) is 0 Å². The topological polar surface area (TPSA) is 107 Å². The average molecular weight is 661 g/mol. The molecule has 246 valence electrons. The summed E-state index contributed by atoms with van der Waals surface area (Å²) in [6.45, 7) is 3.99. The highest BCUT2D eigenvalue weighted by Crippen LogP contribution is 2.74. The number of rotatable bonds is 7. The Morgan fingerprint density at radius 3 is 1.48 bits per heavy atom. The first kappa shape index (κ1) is 31.1. The molecule has 2 amide bonds. The number of ketones is 1. The van der Waals surface area contributed by atoms with E-state index in [9.17, 15) is 10.1 Å². The Labute approximate surface area is 288 Å². The fraction of sp³-hybridized carbons (Fsp3) is 0.167. The summed E-state index contributed by atoms with van der Waals surface area (Å²) in [5.41, 5.74) is 2.99. The van der Waals surface area contributed by atoms with Gasteiger partial charge in [0, 0.05) is 6.07 Å². The van der Waals surface area contributed by atoms with Gasteiger partial charge in [0.25, 0.3) is 5.69 Å². The van der Waals surface area contributed by atoms with E-state index in [1.54, 1.807) is 0 Å². The molecule has 0 radical (unpaired) electrons. The molecule has 1 aliphatic heterocycles. The molecule has 5 aromatic rings. The smallest absolute Gasteiger partial charge is 0.273 e. The number of benzene rings is 5. The second-order valence-electron chi connectivity index (χ2n) is 13.2. The van der Waals surface area contributed by atoms with E-state index in [0.29, 0.717) is 22.3 Å². The number of aryl methyl sites for hydroxylation is 2. The number of fused-ring (bicyclic) bond motifs is 5. The van der Waals surface area contributed by atoms with Gasteiger partial charge in [0.15, 0.2) is 5.78 Å². The molecule has 8 nitrogen and oxygen atoms in total. The SMILES string of the molecule is COc1cc([N+](=O)[O-])ccc1N1C(=O)[C@H]2[C@H](C1=O)[C@@]1(c3ccccc3)C(=O)[C@@]2(c2ccccc2)C(c2ccc(C)cc2)=C1c1ccc(C)cc1. The highest BCUT2D eigenvalue weighted by Gasteiger charge is 2.82. The maximum absolute atomic E-state index is 16.0. The minimum atomic E-state index is -1.56. The number of anilines is 1. The number of Topliss-reactive ketones (excluding diaryl/α,β-unsaturated/α-hetero) is 1. The third-order valence-corrected chi connectivity index (χ3v) is 10.7. The van der Waals surface area contributed by atoms with Gasteiger partial charge < -0.3 is 4.74 Å². The summed E-state index contributed by atoms with van der Waals surface area (Å²) in [5.74, 6) is -3.59. The summed E-state index contributed by atoms with van der Waals surface area (Å²) in [7, 11) is 1.34. The van der Waals surface area contributed by atoms with Gasteiger partial charge in [0.2, 0.25) is 11.8 Å². The van der Waals surface area contributed by atoms with E-state index in [4.69, 9.17) is 4.74 Å². The van der Waals surface area contributed by atoms with Gasteiger partial charge in [-0.1, -0.05) is 120 Å². The van der Waals surface area contributed by atoms with Crippen molar-refractivity contribution in [3.63, 3.8) is 0 Å². The van der Waals surface area contributed by atoms with E-state index in [1.165, 1.54) is 25.3 Å². The average Bonchev–Trinajstić information content (AvgIpc) is 3.64. The zero-order valence-electron chi connectivity index (χ0n) is 27.6. The molecular weight excluding hydrogens is 628 g/mol. The molecule has 8 rings (SSSR count). The van der Waals surface area contributed by atoms with Gasteiger partial charge in [-0.25, -0.2) is 4.90 Å². The fourth-order valence-electron chi connectivity index (χ4n) is 8.77. The largest absolute Gasteiger partial charge is 0.494 e. The standard InChI is InChI=1S/C42H32N2O6/c1-25-14-18-27(19-15-25)34-35(28-20-16-26(2)17-21-28)42(30-12-8-5-9-13-30)37-36(41(34,40(42)47)29-10-6-4-7-11-29)38(45)43(39(37)46)32-23-22-31(44(48)49)24-33(32)50-3/h4-24,36-37H,1-3H3/t36-,37-,41+,42+/m1/s1. The molecule has 0 spiro atoms. The number of nitrogens with zero attached hydrogens (tertiary/aromatic N) is 2. The van der Waals surface area contributed by atoms with Crippen molar-refractivity contribution < 1.29 is 24.0 Å². The van der Waals surface area contributed by atoms with E-state index in [0.717, 1.165) is 27.2 Å². The molecular formula is C42H32N2O6. The van der Waals surface area contributed by atoms with Crippen LogP contribution in [0.4, 0.5) is 11.4 Å². The van der Waals surface area contributed by atoms with E-state index < -0.39 is 39.4 Å². The number of ether oxygens (including phenoxy) is 1. The number of amides is 2. The van der Waals surface area contributed by atoms with Crippen molar-refractivity contribution >= 4 is 40.1 Å². The fourth-order valence-corrected chi connectivity index (χ4v) is 8.77. The minimum absolute atomic E-state index is 0.00699. The van der Waals surface area contributed by atoms with Gasteiger partial charge in [0.1, 0.15) is 5.75 Å². The Kier molecular flexibility index (Phi) is 6.98. The van der Waals surface area contributed by atoms with Crippen LogP contribution in [0.5, 0.6) is 5.75 Å². The van der Waals surface area contributed by atoms with E-state index >= 15 is 14.4 Å². The number of hydrogen-bond donors (Lipinski definition) is 0. The summed E-state index contributed by atoms with van der Waals surface area (Å²) in [6, 6.07) is 38.4. The van der Waals surface area contributed by atoms with Crippen molar-refractivity contribution in [2.75, 3.05) is 12.0 Å². The van der Waals surface area contributed by atoms with E-state index in [1.807, 2.05) is 123 Å². The molecule has 50 heavy (non-hydrogen) atoms. The number of nitro groups is 1. The molecule has 3 aliphatic rings. The number of nitro benzene ring substituents is 1. The normalized spacial score (nSPS) is 23.8. The minimum Gasteiger partial charge on any atom is -0.494 e. The Morgan fingerprint density at radius 1 is 0.640 bits per heavy atom.